The lowest BCUT2D eigenvalue weighted by Crippen LogP contribution is -2.83. The third-order valence-corrected chi connectivity index (χ3v) is 2.54. The highest BCUT2D eigenvalue weighted by molar-refractivity contribution is 6.47. The van der Waals surface area contributed by atoms with Crippen molar-refractivity contribution in [3.63, 3.8) is 0 Å². The molecule has 76 valence electrons. The average Bonchev–Trinajstić information content (AvgIpc) is 2.20. The van der Waals surface area contributed by atoms with Gasteiger partial charge in [0.2, 0.25) is 0 Å². The van der Waals surface area contributed by atoms with Crippen LogP contribution in [0.5, 0.6) is 0 Å². The molecular weight excluding hydrogens is 235 g/mol. The lowest BCUT2D eigenvalue weighted by atomic mass is 10.0. The molecule has 0 bridgehead atoms. The molecule has 3 nitrogen and oxygen atoms in total. The number of hydrogen-bond donors (Lipinski definition) is 1. The summed E-state index contributed by atoms with van der Waals surface area (Å²) in [4.78, 5) is 11.5. The number of carbonyl (C=O) groups excluding carboxylic acids is 1. The van der Waals surface area contributed by atoms with Crippen LogP contribution in [-0.2, 0) is 4.79 Å². The molecule has 1 amide bonds. The van der Waals surface area contributed by atoms with E-state index >= 15 is 0 Å². The SMILES string of the molecule is O=C1[NH2+]N=CC(Cl)=C1c1ccc(Cl)cc1. The summed E-state index contributed by atoms with van der Waals surface area (Å²) in [5, 5.41) is 4.69. The van der Waals surface area contributed by atoms with Crippen LogP contribution in [0.15, 0.2) is 34.4 Å². The second-order valence-electron chi connectivity index (χ2n) is 3.00. The van der Waals surface area contributed by atoms with Gasteiger partial charge in [0.05, 0.1) is 5.03 Å². The van der Waals surface area contributed by atoms with Crippen LogP contribution in [0.1, 0.15) is 5.56 Å². The van der Waals surface area contributed by atoms with Gasteiger partial charge in [-0.2, -0.15) is 5.43 Å². The molecule has 1 aromatic carbocycles. The molecule has 0 radical (unpaired) electrons. The molecular formula is C10H7Cl2N2O+. The molecule has 0 saturated heterocycles. The highest BCUT2D eigenvalue weighted by Gasteiger charge is 2.22. The minimum Gasteiger partial charge on any atom is -0.223 e. The lowest BCUT2D eigenvalue weighted by molar-refractivity contribution is -0.568. The van der Waals surface area contributed by atoms with Crippen molar-refractivity contribution in [3.05, 3.63) is 39.9 Å². The minimum atomic E-state index is -0.190. The van der Waals surface area contributed by atoms with E-state index in [2.05, 4.69) is 5.10 Å². The van der Waals surface area contributed by atoms with E-state index in [0.717, 1.165) is 5.56 Å². The number of quaternary nitrogens is 1. The van der Waals surface area contributed by atoms with Gasteiger partial charge in [0.25, 0.3) is 0 Å². The molecule has 2 rings (SSSR count). The third-order valence-electron chi connectivity index (χ3n) is 2.00. The first-order valence-electron chi connectivity index (χ1n) is 4.25. The molecule has 0 saturated carbocycles. The zero-order chi connectivity index (χ0) is 10.8. The number of halogens is 2. The number of primary amides is 1. The molecule has 1 aliphatic heterocycles. The van der Waals surface area contributed by atoms with Gasteiger partial charge in [-0.05, 0) is 17.7 Å². The Morgan fingerprint density at radius 1 is 1.13 bits per heavy atom. The Bertz CT molecular complexity index is 463. The molecule has 1 aliphatic rings. The summed E-state index contributed by atoms with van der Waals surface area (Å²) in [7, 11) is 0. The van der Waals surface area contributed by atoms with Crippen LogP contribution in [0.2, 0.25) is 5.02 Å². The second kappa shape index (κ2) is 4.14. The van der Waals surface area contributed by atoms with Crippen molar-refractivity contribution >= 4 is 40.9 Å². The van der Waals surface area contributed by atoms with E-state index in [9.17, 15) is 4.79 Å². The summed E-state index contributed by atoms with van der Waals surface area (Å²) in [6, 6.07) is 6.94. The van der Waals surface area contributed by atoms with Crippen molar-refractivity contribution in [2.75, 3.05) is 0 Å². The summed E-state index contributed by atoms with van der Waals surface area (Å²) in [5.41, 5.74) is 2.45. The molecule has 0 spiro atoms. The van der Waals surface area contributed by atoms with Gasteiger partial charge in [0, 0.05) is 5.02 Å². The summed E-state index contributed by atoms with van der Waals surface area (Å²) in [6.45, 7) is 0. The van der Waals surface area contributed by atoms with Gasteiger partial charge in [-0.1, -0.05) is 40.4 Å². The van der Waals surface area contributed by atoms with Crippen LogP contribution in [0.25, 0.3) is 5.57 Å². The van der Waals surface area contributed by atoms with Crippen LogP contribution < -0.4 is 5.43 Å². The highest BCUT2D eigenvalue weighted by Crippen LogP contribution is 2.22. The first-order chi connectivity index (χ1) is 7.18. The number of rotatable bonds is 1. The standard InChI is InChI=1S/C10H6Cl2N2O/c11-7-3-1-6(2-4-7)9-8(12)5-13-14-10(9)15/h1-5H,(H,14,15)/p+1. The lowest BCUT2D eigenvalue weighted by Gasteiger charge is -2.07. The van der Waals surface area contributed by atoms with Gasteiger partial charge in [-0.25, -0.2) is 4.79 Å². The summed E-state index contributed by atoms with van der Waals surface area (Å²) >= 11 is 11.7. The van der Waals surface area contributed by atoms with E-state index in [0.29, 0.717) is 15.6 Å². The van der Waals surface area contributed by atoms with E-state index in [4.69, 9.17) is 23.2 Å². The largest absolute Gasteiger partial charge is 0.370 e. The van der Waals surface area contributed by atoms with Crippen molar-refractivity contribution in [3.8, 4) is 0 Å². The highest BCUT2D eigenvalue weighted by atomic mass is 35.5. The fourth-order valence-electron chi connectivity index (χ4n) is 1.31. The van der Waals surface area contributed by atoms with E-state index in [1.807, 2.05) is 0 Å². The topological polar surface area (TPSA) is 46.0 Å². The van der Waals surface area contributed by atoms with Gasteiger partial charge < -0.3 is 0 Å². The van der Waals surface area contributed by atoms with Crippen molar-refractivity contribution in [2.24, 2.45) is 5.10 Å². The Morgan fingerprint density at radius 3 is 2.40 bits per heavy atom. The second-order valence-corrected chi connectivity index (χ2v) is 3.84. The zero-order valence-corrected chi connectivity index (χ0v) is 9.09. The number of amides is 1. The van der Waals surface area contributed by atoms with Crippen molar-refractivity contribution in [1.82, 2.24) is 0 Å². The van der Waals surface area contributed by atoms with Gasteiger partial charge in [0.15, 0.2) is 0 Å². The zero-order valence-electron chi connectivity index (χ0n) is 7.58. The minimum absolute atomic E-state index is 0.190. The van der Waals surface area contributed by atoms with E-state index in [1.54, 1.807) is 24.3 Å². The van der Waals surface area contributed by atoms with Gasteiger partial charge >= 0.3 is 5.91 Å². The predicted molar refractivity (Wildman–Crippen MR) is 59.6 cm³/mol. The maximum absolute atomic E-state index is 11.5. The maximum atomic E-state index is 11.5. The summed E-state index contributed by atoms with van der Waals surface area (Å²) in [6.07, 6.45) is 1.45. The molecule has 0 atom stereocenters. The number of carbonyl (C=O) groups is 1. The van der Waals surface area contributed by atoms with Crippen LogP contribution in [0, 0.1) is 0 Å². The molecule has 0 aliphatic carbocycles. The predicted octanol–water partition coefficient (Wildman–Crippen LogP) is 1.38. The normalized spacial score (nSPS) is 16.0. The molecule has 0 unspecified atom stereocenters. The van der Waals surface area contributed by atoms with E-state index in [1.165, 1.54) is 11.6 Å². The number of benzene rings is 1. The molecule has 2 N–H and O–H groups in total. The number of nitrogens with two attached hydrogens (primary N) is 1. The van der Waals surface area contributed by atoms with Gasteiger partial charge in [-0.15, -0.1) is 0 Å². The fourth-order valence-corrected chi connectivity index (χ4v) is 1.70. The quantitative estimate of drug-likeness (QED) is 0.743. The smallest absolute Gasteiger partial charge is 0.223 e. The average molecular weight is 242 g/mol. The Kier molecular flexibility index (Phi) is 2.86. The van der Waals surface area contributed by atoms with Crippen LogP contribution in [-0.4, -0.2) is 12.1 Å². The maximum Gasteiger partial charge on any atom is 0.370 e. The summed E-state index contributed by atoms with van der Waals surface area (Å²) in [5.74, 6) is -0.190. The molecule has 0 aromatic heterocycles. The Labute approximate surface area is 96.4 Å². The first-order valence-corrected chi connectivity index (χ1v) is 5.00. The van der Waals surface area contributed by atoms with Crippen LogP contribution in [0.4, 0.5) is 0 Å². The van der Waals surface area contributed by atoms with E-state index in [-0.39, 0.29) is 5.91 Å². The van der Waals surface area contributed by atoms with Gasteiger partial charge in [0.1, 0.15) is 11.8 Å². The Morgan fingerprint density at radius 2 is 1.80 bits per heavy atom. The molecule has 0 fully saturated rings. The molecule has 5 heteroatoms. The monoisotopic (exact) mass is 241 g/mol. The fraction of sp³-hybridized carbons (Fsp3) is 0. The molecule has 1 aromatic rings. The van der Waals surface area contributed by atoms with Gasteiger partial charge in [-0.3, -0.25) is 0 Å². The first kappa shape index (κ1) is 10.4. The number of allylic oxidation sites excluding steroid dienone is 1. The van der Waals surface area contributed by atoms with Crippen LogP contribution in [0.3, 0.4) is 0 Å². The van der Waals surface area contributed by atoms with Crippen molar-refractivity contribution < 1.29 is 10.2 Å². The molecule has 15 heavy (non-hydrogen) atoms. The van der Waals surface area contributed by atoms with Crippen molar-refractivity contribution in [2.45, 2.75) is 0 Å². The Balaban J connectivity index is 2.49. The number of nitrogens with zero attached hydrogens (tertiary/aromatic N) is 1. The van der Waals surface area contributed by atoms with Crippen molar-refractivity contribution in [1.29, 1.82) is 0 Å². The van der Waals surface area contributed by atoms with Crippen LogP contribution >= 0.6 is 23.2 Å². The number of hydrogen-bond acceptors (Lipinski definition) is 2. The van der Waals surface area contributed by atoms with E-state index < -0.39 is 0 Å². The Hall–Kier alpha value is -1.16. The third kappa shape index (κ3) is 2.09. The summed E-state index contributed by atoms with van der Waals surface area (Å²) < 4.78 is 0. The molecule has 1 heterocycles.